The van der Waals surface area contributed by atoms with Gasteiger partial charge in [-0.15, -0.1) is 0 Å². The first-order chi connectivity index (χ1) is 12.1. The van der Waals surface area contributed by atoms with Crippen LogP contribution in [0.15, 0.2) is 66.0 Å². The number of amides is 1. The van der Waals surface area contributed by atoms with Crippen LogP contribution in [-0.2, 0) is 0 Å². The van der Waals surface area contributed by atoms with Gasteiger partial charge in [-0.2, -0.15) is 5.10 Å². The molecular formula is C18H15N3O4. The van der Waals surface area contributed by atoms with Crippen LogP contribution in [0.2, 0.25) is 0 Å². The van der Waals surface area contributed by atoms with Crippen LogP contribution in [0.3, 0.4) is 0 Å². The van der Waals surface area contributed by atoms with Crippen LogP contribution in [0.25, 0.3) is 5.69 Å². The Morgan fingerprint density at radius 1 is 1.04 bits per heavy atom. The Morgan fingerprint density at radius 3 is 2.52 bits per heavy atom. The first kappa shape index (κ1) is 16.1. The molecule has 126 valence electrons. The third kappa shape index (κ3) is 3.45. The van der Waals surface area contributed by atoms with Gasteiger partial charge in [-0.05, 0) is 30.3 Å². The van der Waals surface area contributed by atoms with E-state index in [0.29, 0.717) is 11.3 Å². The fourth-order valence-corrected chi connectivity index (χ4v) is 2.33. The van der Waals surface area contributed by atoms with Crippen LogP contribution in [0.5, 0.6) is 17.2 Å². The van der Waals surface area contributed by atoms with Crippen LogP contribution in [0.4, 0.5) is 0 Å². The number of carbonyl (C=O) groups excluding carboxylic acids is 1. The summed E-state index contributed by atoms with van der Waals surface area (Å²) in [6, 6.07) is 12.9. The molecule has 1 amide bonds. The molecule has 0 aliphatic heterocycles. The molecule has 0 radical (unpaired) electrons. The summed E-state index contributed by atoms with van der Waals surface area (Å²) in [5.41, 5.74) is 3.53. The number of rotatable bonds is 4. The number of hydrazone groups is 1. The maximum absolute atomic E-state index is 12.4. The van der Waals surface area contributed by atoms with Gasteiger partial charge in [0, 0.05) is 24.0 Å². The molecule has 0 spiro atoms. The molecular weight excluding hydrogens is 322 g/mol. The average molecular weight is 337 g/mol. The molecule has 7 nitrogen and oxygen atoms in total. The van der Waals surface area contributed by atoms with Crippen molar-refractivity contribution in [2.75, 3.05) is 0 Å². The molecule has 0 saturated heterocycles. The van der Waals surface area contributed by atoms with Gasteiger partial charge in [-0.25, -0.2) is 5.43 Å². The summed E-state index contributed by atoms with van der Waals surface area (Å²) < 4.78 is 1.80. The Hall–Kier alpha value is -3.74. The number of phenolic OH excluding ortho intramolecular Hbond substituents is 3. The van der Waals surface area contributed by atoms with Crippen molar-refractivity contribution in [1.29, 1.82) is 0 Å². The van der Waals surface area contributed by atoms with E-state index in [0.717, 1.165) is 12.3 Å². The lowest BCUT2D eigenvalue weighted by molar-refractivity contribution is 0.0955. The minimum atomic E-state index is -0.481. The van der Waals surface area contributed by atoms with Crippen LogP contribution in [-0.4, -0.2) is 32.0 Å². The molecule has 1 heterocycles. The smallest absolute Gasteiger partial charge is 0.273 e. The zero-order chi connectivity index (χ0) is 17.8. The predicted octanol–water partition coefficient (Wildman–Crippen LogP) is 2.36. The van der Waals surface area contributed by atoms with Gasteiger partial charge in [0.25, 0.3) is 5.91 Å². The van der Waals surface area contributed by atoms with E-state index in [1.54, 1.807) is 22.8 Å². The first-order valence-corrected chi connectivity index (χ1v) is 7.37. The topological polar surface area (TPSA) is 107 Å². The molecule has 3 aromatic rings. The normalized spacial score (nSPS) is 10.9. The number of nitrogens with one attached hydrogen (secondary N) is 1. The van der Waals surface area contributed by atoms with Gasteiger partial charge >= 0.3 is 0 Å². The highest BCUT2D eigenvalue weighted by Crippen LogP contribution is 2.31. The Bertz CT molecular complexity index is 933. The SMILES string of the molecule is O=C(NN=Cc1cc(O)cc(O)c1O)c1ccccc1-n1cccc1. The number of aromatic nitrogens is 1. The van der Waals surface area contributed by atoms with Crippen LogP contribution in [0.1, 0.15) is 15.9 Å². The van der Waals surface area contributed by atoms with Crippen LogP contribution in [0, 0.1) is 0 Å². The molecule has 0 aliphatic rings. The second kappa shape index (κ2) is 6.79. The number of hydrogen-bond donors (Lipinski definition) is 4. The maximum atomic E-state index is 12.4. The Kier molecular flexibility index (Phi) is 4.38. The Labute approximate surface area is 143 Å². The summed E-state index contributed by atoms with van der Waals surface area (Å²) in [5, 5.41) is 32.3. The van der Waals surface area contributed by atoms with Crippen LogP contribution < -0.4 is 5.43 Å². The van der Waals surface area contributed by atoms with E-state index in [1.807, 2.05) is 30.6 Å². The van der Waals surface area contributed by atoms with Gasteiger partial charge < -0.3 is 19.9 Å². The average Bonchev–Trinajstić information content (AvgIpc) is 3.13. The number of nitrogens with zero attached hydrogens (tertiary/aromatic N) is 2. The zero-order valence-corrected chi connectivity index (χ0v) is 13.0. The number of benzene rings is 2. The molecule has 4 N–H and O–H groups in total. The molecule has 0 atom stereocenters. The van der Waals surface area contributed by atoms with Crippen molar-refractivity contribution in [3.05, 3.63) is 72.1 Å². The van der Waals surface area contributed by atoms with E-state index in [4.69, 9.17) is 0 Å². The van der Waals surface area contributed by atoms with Crippen molar-refractivity contribution in [3.8, 4) is 22.9 Å². The number of hydrogen-bond acceptors (Lipinski definition) is 5. The van der Waals surface area contributed by atoms with Gasteiger partial charge in [0.2, 0.25) is 0 Å². The fourth-order valence-electron chi connectivity index (χ4n) is 2.33. The van der Waals surface area contributed by atoms with Gasteiger partial charge in [-0.1, -0.05) is 12.1 Å². The molecule has 0 aliphatic carbocycles. The largest absolute Gasteiger partial charge is 0.508 e. The summed E-state index contributed by atoms with van der Waals surface area (Å²) >= 11 is 0. The van der Waals surface area contributed by atoms with Gasteiger partial charge in [0.15, 0.2) is 11.5 Å². The summed E-state index contributed by atoms with van der Waals surface area (Å²) in [6.07, 6.45) is 4.77. The molecule has 1 aromatic heterocycles. The monoisotopic (exact) mass is 337 g/mol. The van der Waals surface area contributed by atoms with Crippen molar-refractivity contribution in [3.63, 3.8) is 0 Å². The number of carbonyl (C=O) groups is 1. The van der Waals surface area contributed by atoms with Gasteiger partial charge in [-0.3, -0.25) is 4.79 Å². The highest BCUT2D eigenvalue weighted by Gasteiger charge is 2.11. The van der Waals surface area contributed by atoms with Crippen molar-refractivity contribution >= 4 is 12.1 Å². The van der Waals surface area contributed by atoms with E-state index in [9.17, 15) is 20.1 Å². The second-order valence-corrected chi connectivity index (χ2v) is 5.21. The molecule has 0 unspecified atom stereocenters. The summed E-state index contributed by atoms with van der Waals surface area (Å²) in [5.74, 6) is -1.60. The van der Waals surface area contributed by atoms with E-state index in [-0.39, 0.29) is 11.3 Å². The van der Waals surface area contributed by atoms with E-state index < -0.39 is 17.4 Å². The lowest BCUT2D eigenvalue weighted by Gasteiger charge is -2.09. The highest BCUT2D eigenvalue weighted by atomic mass is 16.3. The van der Waals surface area contributed by atoms with Crippen molar-refractivity contribution in [1.82, 2.24) is 9.99 Å². The molecule has 2 aromatic carbocycles. The third-order valence-corrected chi connectivity index (χ3v) is 3.51. The van der Waals surface area contributed by atoms with E-state index in [1.165, 1.54) is 6.07 Å². The van der Waals surface area contributed by atoms with E-state index >= 15 is 0 Å². The quantitative estimate of drug-likeness (QED) is 0.254. The standard InChI is InChI=1S/C18H15N3O4/c22-13-9-12(17(24)16(23)10-13)11-19-20-18(25)14-5-1-2-6-15(14)21-7-3-4-8-21/h1-11,22-24H,(H,20,25). The summed E-state index contributed by atoms with van der Waals surface area (Å²) in [7, 11) is 0. The lowest BCUT2D eigenvalue weighted by Crippen LogP contribution is -2.19. The lowest BCUT2D eigenvalue weighted by atomic mass is 10.1. The second-order valence-electron chi connectivity index (χ2n) is 5.21. The number of para-hydroxylation sites is 1. The van der Waals surface area contributed by atoms with E-state index in [2.05, 4.69) is 10.5 Å². The molecule has 7 heteroatoms. The van der Waals surface area contributed by atoms with Crippen LogP contribution >= 0.6 is 0 Å². The van der Waals surface area contributed by atoms with Crippen molar-refractivity contribution in [2.45, 2.75) is 0 Å². The third-order valence-electron chi connectivity index (χ3n) is 3.51. The molecule has 3 rings (SSSR count). The first-order valence-electron chi connectivity index (χ1n) is 7.37. The molecule has 0 fully saturated rings. The molecule has 0 saturated carbocycles. The van der Waals surface area contributed by atoms with Crippen molar-refractivity contribution < 1.29 is 20.1 Å². The van der Waals surface area contributed by atoms with Gasteiger partial charge in [0.1, 0.15) is 5.75 Å². The summed E-state index contributed by atoms with van der Waals surface area (Å²) in [4.78, 5) is 12.4. The Balaban J connectivity index is 1.81. The van der Waals surface area contributed by atoms with Crippen molar-refractivity contribution in [2.24, 2.45) is 5.10 Å². The molecule has 25 heavy (non-hydrogen) atoms. The predicted molar refractivity (Wildman–Crippen MR) is 92.3 cm³/mol. The highest BCUT2D eigenvalue weighted by molar-refractivity contribution is 5.98. The Morgan fingerprint density at radius 2 is 1.76 bits per heavy atom. The summed E-state index contributed by atoms with van der Waals surface area (Å²) in [6.45, 7) is 0. The minimum absolute atomic E-state index is 0.0662. The number of phenols is 3. The minimum Gasteiger partial charge on any atom is -0.508 e. The maximum Gasteiger partial charge on any atom is 0.273 e. The fraction of sp³-hybridized carbons (Fsp3) is 0. The molecule has 0 bridgehead atoms. The van der Waals surface area contributed by atoms with Gasteiger partial charge in [0.05, 0.1) is 17.5 Å². The number of aromatic hydroxyl groups is 3. The zero-order valence-electron chi connectivity index (χ0n) is 13.0.